The molecule has 1 N–H and O–H groups in total. The van der Waals surface area contributed by atoms with Gasteiger partial charge >= 0.3 is 0 Å². The number of hydrogen-bond acceptors (Lipinski definition) is 2. The van der Waals surface area contributed by atoms with Crippen LogP contribution in [0.2, 0.25) is 5.02 Å². The fourth-order valence-electron chi connectivity index (χ4n) is 2.66. The first-order chi connectivity index (χ1) is 11.6. The van der Waals surface area contributed by atoms with Crippen molar-refractivity contribution in [2.75, 3.05) is 11.9 Å². The number of halogens is 1. The number of hydrogen-bond donors (Lipinski definition) is 1. The lowest BCUT2D eigenvalue weighted by Crippen LogP contribution is -2.23. The van der Waals surface area contributed by atoms with E-state index < -0.39 is 0 Å². The quantitative estimate of drug-likeness (QED) is 0.717. The lowest BCUT2D eigenvalue weighted by molar-refractivity contribution is -0.118. The third-order valence-electron chi connectivity index (χ3n) is 3.93. The Morgan fingerprint density at radius 2 is 2.04 bits per heavy atom. The molecule has 3 aromatic rings. The summed E-state index contributed by atoms with van der Waals surface area (Å²) in [5.74, 6) is 0.713. The van der Waals surface area contributed by atoms with Crippen LogP contribution in [0.3, 0.4) is 0 Å². The van der Waals surface area contributed by atoms with Gasteiger partial charge in [-0.2, -0.15) is 0 Å². The molecule has 0 aliphatic carbocycles. The minimum absolute atomic E-state index is 0.116. The molecule has 0 saturated carbocycles. The first-order valence-corrected chi connectivity index (χ1v) is 8.26. The smallest absolute Gasteiger partial charge is 0.247 e. The molecule has 0 aliphatic heterocycles. The van der Waals surface area contributed by atoms with Crippen LogP contribution in [-0.4, -0.2) is 17.1 Å². The second-order valence-electron chi connectivity index (χ2n) is 5.52. The van der Waals surface area contributed by atoms with Crippen molar-refractivity contribution in [1.82, 2.24) is 4.57 Å². The molecule has 124 valence electrons. The van der Waals surface area contributed by atoms with E-state index in [1.165, 1.54) is 0 Å². The van der Waals surface area contributed by atoms with E-state index in [9.17, 15) is 4.79 Å². The molecule has 3 rings (SSSR count). The van der Waals surface area contributed by atoms with Gasteiger partial charge in [0.25, 0.3) is 0 Å². The Bertz CT molecular complexity index is 873. The second-order valence-corrected chi connectivity index (χ2v) is 5.93. The van der Waals surface area contributed by atoms with Gasteiger partial charge in [-0.05, 0) is 50.2 Å². The first kappa shape index (κ1) is 16.4. The van der Waals surface area contributed by atoms with Crippen LogP contribution in [0.25, 0.3) is 10.9 Å². The fourth-order valence-corrected chi connectivity index (χ4v) is 2.85. The van der Waals surface area contributed by atoms with Crippen LogP contribution >= 0.6 is 11.6 Å². The number of aromatic nitrogens is 1. The molecule has 24 heavy (non-hydrogen) atoms. The van der Waals surface area contributed by atoms with E-state index in [0.29, 0.717) is 17.3 Å². The zero-order valence-corrected chi connectivity index (χ0v) is 14.4. The van der Waals surface area contributed by atoms with Gasteiger partial charge < -0.3 is 14.6 Å². The Balaban J connectivity index is 1.84. The maximum atomic E-state index is 12.6. The summed E-state index contributed by atoms with van der Waals surface area (Å²) in [6.07, 6.45) is 1.91. The average molecular weight is 343 g/mol. The van der Waals surface area contributed by atoms with Gasteiger partial charge in [0.1, 0.15) is 11.8 Å². The van der Waals surface area contributed by atoms with Crippen molar-refractivity contribution in [3.63, 3.8) is 0 Å². The SMILES string of the molecule is CCOc1ccc2c(ccn2C(C)C(=O)Nc2ccccc2Cl)c1. The predicted octanol–water partition coefficient (Wildman–Crippen LogP) is 4.89. The van der Waals surface area contributed by atoms with Crippen molar-refractivity contribution in [2.45, 2.75) is 19.9 Å². The molecule has 0 bridgehead atoms. The highest BCUT2D eigenvalue weighted by molar-refractivity contribution is 6.33. The van der Waals surface area contributed by atoms with E-state index >= 15 is 0 Å². The third kappa shape index (κ3) is 3.24. The van der Waals surface area contributed by atoms with Crippen molar-refractivity contribution < 1.29 is 9.53 Å². The van der Waals surface area contributed by atoms with Gasteiger partial charge in [0.2, 0.25) is 5.91 Å². The van der Waals surface area contributed by atoms with Crippen molar-refractivity contribution in [1.29, 1.82) is 0 Å². The standard InChI is InChI=1S/C19H19ClN2O2/c1-3-24-15-8-9-18-14(12-15)10-11-22(18)13(2)19(23)21-17-7-5-4-6-16(17)20/h4-13H,3H2,1-2H3,(H,21,23). The molecule has 1 unspecified atom stereocenters. The molecule has 5 heteroatoms. The van der Waals surface area contributed by atoms with Crippen LogP contribution in [0.4, 0.5) is 5.69 Å². The monoisotopic (exact) mass is 342 g/mol. The molecular weight excluding hydrogens is 324 g/mol. The highest BCUT2D eigenvalue weighted by Gasteiger charge is 2.17. The summed E-state index contributed by atoms with van der Waals surface area (Å²) < 4.78 is 7.46. The van der Waals surface area contributed by atoms with Gasteiger partial charge in [0.05, 0.1) is 17.3 Å². The van der Waals surface area contributed by atoms with E-state index in [4.69, 9.17) is 16.3 Å². The highest BCUT2D eigenvalue weighted by Crippen LogP contribution is 2.26. The first-order valence-electron chi connectivity index (χ1n) is 7.89. The minimum atomic E-state index is -0.364. The van der Waals surface area contributed by atoms with Crippen LogP contribution in [0, 0.1) is 0 Å². The van der Waals surface area contributed by atoms with Crippen LogP contribution in [0.15, 0.2) is 54.7 Å². The molecular formula is C19H19ClN2O2. The maximum Gasteiger partial charge on any atom is 0.247 e. The van der Waals surface area contributed by atoms with Gasteiger partial charge in [-0.3, -0.25) is 4.79 Å². The number of ether oxygens (including phenoxy) is 1. The fraction of sp³-hybridized carbons (Fsp3) is 0.211. The second kappa shape index (κ2) is 6.97. The van der Waals surface area contributed by atoms with Crippen LogP contribution in [0.5, 0.6) is 5.75 Å². The number of carbonyl (C=O) groups is 1. The van der Waals surface area contributed by atoms with E-state index in [-0.39, 0.29) is 11.9 Å². The normalized spacial score (nSPS) is 12.1. The summed E-state index contributed by atoms with van der Waals surface area (Å²) in [4.78, 5) is 12.6. The van der Waals surface area contributed by atoms with Gasteiger partial charge in [-0.25, -0.2) is 0 Å². The van der Waals surface area contributed by atoms with Crippen molar-refractivity contribution >= 4 is 34.1 Å². The molecule has 2 aromatic carbocycles. The van der Waals surface area contributed by atoms with Crippen LogP contribution < -0.4 is 10.1 Å². The molecule has 0 saturated heterocycles. The molecule has 4 nitrogen and oxygen atoms in total. The zero-order valence-electron chi connectivity index (χ0n) is 13.6. The Morgan fingerprint density at radius 3 is 2.79 bits per heavy atom. The van der Waals surface area contributed by atoms with Crippen molar-refractivity contribution in [2.24, 2.45) is 0 Å². The number of nitrogens with zero attached hydrogens (tertiary/aromatic N) is 1. The molecule has 0 spiro atoms. The summed E-state index contributed by atoms with van der Waals surface area (Å²) >= 11 is 6.10. The Labute approximate surface area is 146 Å². The molecule has 0 aliphatic rings. The van der Waals surface area contributed by atoms with Gasteiger partial charge in [0, 0.05) is 17.1 Å². The molecule has 1 aromatic heterocycles. The lowest BCUT2D eigenvalue weighted by atomic mass is 10.2. The van der Waals surface area contributed by atoms with Crippen molar-refractivity contribution in [3.8, 4) is 5.75 Å². The minimum Gasteiger partial charge on any atom is -0.494 e. The topological polar surface area (TPSA) is 43.3 Å². The number of fused-ring (bicyclic) bond motifs is 1. The van der Waals surface area contributed by atoms with E-state index in [1.54, 1.807) is 12.1 Å². The number of benzene rings is 2. The number of amides is 1. The van der Waals surface area contributed by atoms with Gasteiger partial charge in [-0.1, -0.05) is 23.7 Å². The average Bonchev–Trinajstić information content (AvgIpc) is 2.99. The number of anilines is 1. The number of nitrogens with one attached hydrogen (secondary N) is 1. The number of rotatable bonds is 5. The summed E-state index contributed by atoms with van der Waals surface area (Å²) in [5, 5.41) is 4.44. The summed E-state index contributed by atoms with van der Waals surface area (Å²) in [6.45, 7) is 4.45. The lowest BCUT2D eigenvalue weighted by Gasteiger charge is -2.16. The maximum absolute atomic E-state index is 12.6. The largest absolute Gasteiger partial charge is 0.494 e. The number of para-hydroxylation sites is 1. The van der Waals surface area contributed by atoms with Gasteiger partial charge in [-0.15, -0.1) is 0 Å². The highest BCUT2D eigenvalue weighted by atomic mass is 35.5. The van der Waals surface area contributed by atoms with Crippen LogP contribution in [-0.2, 0) is 4.79 Å². The summed E-state index contributed by atoms with van der Waals surface area (Å²) in [6, 6.07) is 14.7. The van der Waals surface area contributed by atoms with E-state index in [2.05, 4.69) is 5.32 Å². The Morgan fingerprint density at radius 1 is 1.25 bits per heavy atom. The van der Waals surface area contributed by atoms with E-state index in [0.717, 1.165) is 16.7 Å². The van der Waals surface area contributed by atoms with Crippen molar-refractivity contribution in [3.05, 3.63) is 59.8 Å². The van der Waals surface area contributed by atoms with Crippen LogP contribution in [0.1, 0.15) is 19.9 Å². The Kier molecular flexibility index (Phi) is 4.76. The molecule has 0 radical (unpaired) electrons. The zero-order chi connectivity index (χ0) is 17.1. The molecule has 1 atom stereocenters. The van der Waals surface area contributed by atoms with E-state index in [1.807, 2.05) is 61.0 Å². The predicted molar refractivity (Wildman–Crippen MR) is 97.9 cm³/mol. The molecule has 0 fully saturated rings. The molecule has 1 amide bonds. The Hall–Kier alpha value is -2.46. The molecule has 1 heterocycles. The van der Waals surface area contributed by atoms with Gasteiger partial charge in [0.15, 0.2) is 0 Å². The third-order valence-corrected chi connectivity index (χ3v) is 4.26. The number of carbonyl (C=O) groups excluding carboxylic acids is 1. The summed E-state index contributed by atoms with van der Waals surface area (Å²) in [5.41, 5.74) is 1.60. The summed E-state index contributed by atoms with van der Waals surface area (Å²) in [7, 11) is 0.